The topological polar surface area (TPSA) is 124 Å². The summed E-state index contributed by atoms with van der Waals surface area (Å²) in [4.78, 5) is 47.2. The normalized spacial score (nSPS) is 11.4. The lowest BCUT2D eigenvalue weighted by Crippen LogP contribution is -2.22. The van der Waals surface area contributed by atoms with Gasteiger partial charge in [-0.15, -0.1) is 0 Å². The van der Waals surface area contributed by atoms with E-state index in [0.717, 1.165) is 50.0 Å². The molecular formula is C44H46F8O10. The molecule has 10 nitrogen and oxygen atoms in total. The molecule has 3 rings (SSSR count). The fraction of sp³-hybridized carbons (Fsp3) is 0.409. The number of alkyl halides is 6. The predicted molar refractivity (Wildman–Crippen MR) is 207 cm³/mol. The van der Waals surface area contributed by atoms with E-state index in [-0.39, 0.29) is 61.9 Å². The van der Waals surface area contributed by atoms with E-state index in [1.54, 1.807) is 0 Å². The van der Waals surface area contributed by atoms with Crippen molar-refractivity contribution in [3.8, 4) is 23.0 Å². The van der Waals surface area contributed by atoms with Crippen molar-refractivity contribution in [3.05, 3.63) is 108 Å². The summed E-state index contributed by atoms with van der Waals surface area (Å²) in [5, 5.41) is 0. The quantitative estimate of drug-likeness (QED) is 0.0253. The van der Waals surface area contributed by atoms with Gasteiger partial charge >= 0.3 is 36.2 Å². The Hall–Kier alpha value is -5.94. The van der Waals surface area contributed by atoms with Gasteiger partial charge in [0.25, 0.3) is 0 Å². The van der Waals surface area contributed by atoms with Gasteiger partial charge in [0.15, 0.2) is 0 Å². The minimum absolute atomic E-state index is 0.0489. The van der Waals surface area contributed by atoms with Crippen LogP contribution in [0.25, 0.3) is 0 Å². The Labute approximate surface area is 352 Å². The number of carbonyl (C=O) groups is 4. The SMILES string of the molecule is C=CC(=O)OCCCCCCOc1ccc(CCC(=O)Oc2ccc(OC(=O)CCc3ccc(OCCCCCCOC(=O)C=C)cc3F)c(C(F)(F)F)c2C(F)(F)F)c(F)c1. The first-order valence-electron chi connectivity index (χ1n) is 19.6. The van der Waals surface area contributed by atoms with Crippen molar-refractivity contribution in [3.63, 3.8) is 0 Å². The fourth-order valence-electron chi connectivity index (χ4n) is 5.72. The summed E-state index contributed by atoms with van der Waals surface area (Å²) >= 11 is 0. The van der Waals surface area contributed by atoms with Crippen LogP contribution in [0.5, 0.6) is 23.0 Å². The van der Waals surface area contributed by atoms with Gasteiger partial charge in [0.1, 0.15) is 45.8 Å². The number of halogens is 8. The number of hydrogen-bond acceptors (Lipinski definition) is 10. The van der Waals surface area contributed by atoms with Gasteiger partial charge in [0.2, 0.25) is 0 Å². The van der Waals surface area contributed by atoms with Gasteiger partial charge in [-0.1, -0.05) is 25.3 Å². The molecule has 0 amide bonds. The third kappa shape index (κ3) is 17.6. The largest absolute Gasteiger partial charge is 0.493 e. The minimum atomic E-state index is -5.76. The third-order valence-corrected chi connectivity index (χ3v) is 8.83. The van der Waals surface area contributed by atoms with Crippen LogP contribution in [0.3, 0.4) is 0 Å². The van der Waals surface area contributed by atoms with Crippen molar-refractivity contribution in [2.24, 2.45) is 0 Å². The molecule has 0 unspecified atom stereocenters. The average molecular weight is 887 g/mol. The van der Waals surface area contributed by atoms with Crippen LogP contribution in [0.1, 0.15) is 86.5 Å². The Morgan fingerprint density at radius 3 is 1.19 bits per heavy atom. The number of carbonyl (C=O) groups excluding carboxylic acids is 4. The van der Waals surface area contributed by atoms with Gasteiger partial charge in [0.05, 0.1) is 39.3 Å². The Balaban J connectivity index is 1.55. The molecule has 0 saturated heterocycles. The van der Waals surface area contributed by atoms with E-state index >= 15 is 0 Å². The molecule has 0 aliphatic heterocycles. The number of ether oxygens (including phenoxy) is 6. The second-order valence-corrected chi connectivity index (χ2v) is 13.5. The van der Waals surface area contributed by atoms with Crippen molar-refractivity contribution in [1.29, 1.82) is 0 Å². The van der Waals surface area contributed by atoms with E-state index in [2.05, 4.69) is 13.2 Å². The molecule has 0 aromatic heterocycles. The molecule has 0 aliphatic carbocycles. The monoisotopic (exact) mass is 886 g/mol. The maximum absolute atomic E-state index is 14.8. The number of benzene rings is 3. The summed E-state index contributed by atoms with van der Waals surface area (Å²) in [5.74, 6) is -8.17. The molecule has 338 valence electrons. The molecule has 0 N–H and O–H groups in total. The van der Waals surface area contributed by atoms with Crippen LogP contribution < -0.4 is 18.9 Å². The van der Waals surface area contributed by atoms with Gasteiger partial charge in [0, 0.05) is 24.3 Å². The van der Waals surface area contributed by atoms with Crippen molar-refractivity contribution in [2.45, 2.75) is 89.4 Å². The van der Waals surface area contributed by atoms with Crippen molar-refractivity contribution < 1.29 is 82.7 Å². The number of aryl methyl sites for hydroxylation is 2. The molecule has 0 atom stereocenters. The van der Waals surface area contributed by atoms with Crippen LogP contribution in [-0.4, -0.2) is 50.3 Å². The van der Waals surface area contributed by atoms with Crippen LogP contribution in [0.15, 0.2) is 73.8 Å². The molecule has 18 heteroatoms. The summed E-state index contributed by atoms with van der Waals surface area (Å²) in [6.45, 7) is 7.58. The molecule has 3 aromatic rings. The highest BCUT2D eigenvalue weighted by atomic mass is 19.4. The number of rotatable bonds is 26. The summed E-state index contributed by atoms with van der Waals surface area (Å²) in [7, 11) is 0. The van der Waals surface area contributed by atoms with E-state index < -0.39 is 83.3 Å². The van der Waals surface area contributed by atoms with Gasteiger partial charge in [-0.25, -0.2) is 18.4 Å². The highest BCUT2D eigenvalue weighted by Crippen LogP contribution is 2.49. The van der Waals surface area contributed by atoms with E-state index in [1.165, 1.54) is 24.3 Å². The molecule has 0 spiro atoms. The summed E-state index contributed by atoms with van der Waals surface area (Å²) in [6, 6.07) is 8.22. The zero-order chi connectivity index (χ0) is 45.7. The standard InChI is InChI=1S/C44H46F8O10/c1-3-37(53)59-25-11-7-5-9-23-57-31-17-13-29(33(45)27-31)15-21-39(55)61-35-19-20-36(42(44(50,51)52)41(35)43(47,48)49)62-40(56)22-16-30-14-18-32(28-34(30)46)58-24-10-6-8-12-26-60-38(54)4-2/h3-4,13-14,17-20,27-28H,1-2,5-12,15-16,21-26H2. The first-order chi connectivity index (χ1) is 29.4. The number of esters is 4. The second kappa shape index (κ2) is 25.1. The van der Waals surface area contributed by atoms with Crippen LogP contribution in [0.4, 0.5) is 35.1 Å². The van der Waals surface area contributed by atoms with Crippen molar-refractivity contribution in [2.75, 3.05) is 26.4 Å². The Morgan fingerprint density at radius 1 is 0.516 bits per heavy atom. The lowest BCUT2D eigenvalue weighted by atomic mass is 10.0. The summed E-state index contributed by atoms with van der Waals surface area (Å²) in [6.07, 6.45) is -6.16. The summed E-state index contributed by atoms with van der Waals surface area (Å²) < 4.78 is 145. The zero-order valence-corrected chi connectivity index (χ0v) is 33.6. The van der Waals surface area contributed by atoms with Gasteiger partial charge in [-0.3, -0.25) is 9.59 Å². The van der Waals surface area contributed by atoms with Gasteiger partial charge in [-0.05, 0) is 99.6 Å². The molecule has 3 aromatic carbocycles. The Bertz CT molecular complexity index is 1850. The molecule has 0 heterocycles. The van der Waals surface area contributed by atoms with E-state index in [1.807, 2.05) is 0 Å². The second-order valence-electron chi connectivity index (χ2n) is 13.5. The molecule has 62 heavy (non-hydrogen) atoms. The molecule has 0 bridgehead atoms. The molecule has 0 aliphatic rings. The lowest BCUT2D eigenvalue weighted by Gasteiger charge is -2.21. The van der Waals surface area contributed by atoms with E-state index in [9.17, 15) is 54.3 Å². The maximum Gasteiger partial charge on any atom is 0.420 e. The Kier molecular flexibility index (Phi) is 20.4. The van der Waals surface area contributed by atoms with Gasteiger partial charge in [-0.2, -0.15) is 26.3 Å². The first kappa shape index (κ1) is 50.4. The fourth-order valence-corrected chi connectivity index (χ4v) is 5.72. The zero-order valence-electron chi connectivity index (χ0n) is 33.6. The van der Waals surface area contributed by atoms with Gasteiger partial charge < -0.3 is 28.4 Å². The molecule has 0 radical (unpaired) electrons. The molecular weight excluding hydrogens is 840 g/mol. The van der Waals surface area contributed by atoms with E-state index in [4.69, 9.17) is 28.4 Å². The highest BCUT2D eigenvalue weighted by molar-refractivity contribution is 5.81. The van der Waals surface area contributed by atoms with Crippen LogP contribution in [0.2, 0.25) is 0 Å². The smallest absolute Gasteiger partial charge is 0.420 e. The molecule has 0 fully saturated rings. The van der Waals surface area contributed by atoms with E-state index in [0.29, 0.717) is 37.8 Å². The lowest BCUT2D eigenvalue weighted by molar-refractivity contribution is -0.165. The minimum Gasteiger partial charge on any atom is -0.493 e. The predicted octanol–water partition coefficient (Wildman–Crippen LogP) is 10.4. The highest BCUT2D eigenvalue weighted by Gasteiger charge is 2.49. The van der Waals surface area contributed by atoms with Crippen LogP contribution >= 0.6 is 0 Å². The molecule has 0 saturated carbocycles. The number of unbranched alkanes of at least 4 members (excludes halogenated alkanes) is 6. The van der Waals surface area contributed by atoms with Crippen LogP contribution in [0, 0.1) is 11.6 Å². The third-order valence-electron chi connectivity index (χ3n) is 8.83. The average Bonchev–Trinajstić information content (AvgIpc) is 3.21. The van der Waals surface area contributed by atoms with Crippen molar-refractivity contribution >= 4 is 23.9 Å². The first-order valence-corrected chi connectivity index (χ1v) is 19.6. The van der Waals surface area contributed by atoms with Crippen LogP contribution in [-0.2, 0) is 53.8 Å². The van der Waals surface area contributed by atoms with Crippen molar-refractivity contribution in [1.82, 2.24) is 0 Å². The number of hydrogen-bond donors (Lipinski definition) is 0. The summed E-state index contributed by atoms with van der Waals surface area (Å²) in [5.41, 5.74) is -4.95. The maximum atomic E-state index is 14.8. The Morgan fingerprint density at radius 2 is 0.871 bits per heavy atom.